The Morgan fingerprint density at radius 2 is 2.40 bits per heavy atom. The molecule has 2 unspecified atom stereocenters. The fourth-order valence-electron chi connectivity index (χ4n) is 0.397. The molecule has 0 rings (SSSR count). The van der Waals surface area contributed by atoms with E-state index in [0.717, 1.165) is 0 Å². The number of hydrogen-bond donors (Lipinski definition) is 2. The van der Waals surface area contributed by atoms with Gasteiger partial charge in [-0.15, -0.1) is 0 Å². The molecule has 5 heteroatoms. The summed E-state index contributed by atoms with van der Waals surface area (Å²) in [4.78, 5) is 10.2. The van der Waals surface area contributed by atoms with Gasteiger partial charge >= 0.3 is 5.97 Å². The van der Waals surface area contributed by atoms with Crippen molar-refractivity contribution in [2.45, 2.75) is 16.6 Å². The number of thioether (sulfide) groups is 1. The second kappa shape index (κ2) is 4.98. The third-order valence-electron chi connectivity index (χ3n) is 1.01. The summed E-state index contributed by atoms with van der Waals surface area (Å²) in [6, 6.07) is -0.753. The van der Waals surface area contributed by atoms with Crippen molar-refractivity contribution in [2.75, 3.05) is 6.26 Å². The summed E-state index contributed by atoms with van der Waals surface area (Å²) in [6.45, 7) is 0. The molecule has 2 atom stereocenters. The highest BCUT2D eigenvalue weighted by Gasteiger charge is 2.15. The van der Waals surface area contributed by atoms with Gasteiger partial charge < -0.3 is 10.8 Å². The van der Waals surface area contributed by atoms with E-state index in [-0.39, 0.29) is 4.16 Å². The third kappa shape index (κ3) is 4.14. The van der Waals surface area contributed by atoms with E-state index in [4.69, 9.17) is 10.8 Å². The van der Waals surface area contributed by atoms with Crippen molar-refractivity contribution < 1.29 is 9.90 Å². The summed E-state index contributed by atoms with van der Waals surface area (Å²) < 4.78 is 0.138. The van der Waals surface area contributed by atoms with Gasteiger partial charge in [-0.3, -0.25) is 4.79 Å². The highest BCUT2D eigenvalue weighted by Crippen LogP contribution is 2.18. The van der Waals surface area contributed by atoms with E-state index in [1.165, 1.54) is 0 Å². The number of nitrogens with two attached hydrogens (primary N) is 1. The highest BCUT2D eigenvalue weighted by molar-refractivity contribution is 9.11. The molecule has 0 amide bonds. The molecule has 0 aromatic carbocycles. The van der Waals surface area contributed by atoms with E-state index in [9.17, 15) is 4.79 Å². The standard InChI is InChI=1S/C5H10BrNO2S/c1-10-4(6)2-3(7)5(8)9/h3-4H,2,7H2,1H3,(H,8,9). The van der Waals surface area contributed by atoms with Crippen molar-refractivity contribution in [2.24, 2.45) is 5.73 Å². The Morgan fingerprint density at radius 1 is 1.90 bits per heavy atom. The highest BCUT2D eigenvalue weighted by atomic mass is 79.9. The molecule has 0 radical (unpaired) electrons. The number of hydrogen-bond acceptors (Lipinski definition) is 3. The molecule has 60 valence electrons. The Morgan fingerprint density at radius 3 is 2.70 bits per heavy atom. The monoisotopic (exact) mass is 227 g/mol. The minimum absolute atomic E-state index is 0.138. The van der Waals surface area contributed by atoms with Crippen LogP contribution in [-0.4, -0.2) is 27.5 Å². The molecule has 10 heavy (non-hydrogen) atoms. The maximum Gasteiger partial charge on any atom is 0.320 e. The average Bonchev–Trinajstić information content (AvgIpc) is 1.87. The molecule has 0 saturated heterocycles. The van der Waals surface area contributed by atoms with Crippen LogP contribution in [0.2, 0.25) is 0 Å². The maximum atomic E-state index is 10.2. The van der Waals surface area contributed by atoms with Crippen LogP contribution in [0.15, 0.2) is 0 Å². The van der Waals surface area contributed by atoms with E-state index < -0.39 is 12.0 Å². The zero-order valence-electron chi connectivity index (χ0n) is 5.58. The van der Waals surface area contributed by atoms with Crippen LogP contribution in [0.1, 0.15) is 6.42 Å². The van der Waals surface area contributed by atoms with Crippen molar-refractivity contribution in [3.8, 4) is 0 Å². The summed E-state index contributed by atoms with van der Waals surface area (Å²) in [5, 5.41) is 8.37. The smallest absolute Gasteiger partial charge is 0.320 e. The van der Waals surface area contributed by atoms with Gasteiger partial charge in [-0.25, -0.2) is 0 Å². The predicted molar refractivity (Wildman–Crippen MR) is 46.5 cm³/mol. The number of rotatable bonds is 4. The van der Waals surface area contributed by atoms with E-state index in [1.54, 1.807) is 11.8 Å². The zero-order valence-corrected chi connectivity index (χ0v) is 7.98. The van der Waals surface area contributed by atoms with Crippen LogP contribution in [-0.2, 0) is 4.79 Å². The van der Waals surface area contributed by atoms with Crippen molar-refractivity contribution in [3.63, 3.8) is 0 Å². The van der Waals surface area contributed by atoms with E-state index in [1.807, 2.05) is 6.26 Å². The Hall–Kier alpha value is 0.260. The minimum Gasteiger partial charge on any atom is -0.480 e. The number of carboxylic acid groups (broad SMARTS) is 1. The van der Waals surface area contributed by atoms with Crippen LogP contribution in [0.4, 0.5) is 0 Å². The van der Waals surface area contributed by atoms with Gasteiger partial charge in [0.2, 0.25) is 0 Å². The molecule has 0 aromatic rings. The largest absolute Gasteiger partial charge is 0.480 e. The lowest BCUT2D eigenvalue weighted by molar-refractivity contribution is -0.138. The topological polar surface area (TPSA) is 63.3 Å². The van der Waals surface area contributed by atoms with E-state index >= 15 is 0 Å². The quantitative estimate of drug-likeness (QED) is 0.701. The third-order valence-corrected chi connectivity index (χ3v) is 3.21. The second-order valence-corrected chi connectivity index (χ2v) is 4.58. The van der Waals surface area contributed by atoms with Crippen LogP contribution in [0.3, 0.4) is 0 Å². The first kappa shape index (κ1) is 10.3. The van der Waals surface area contributed by atoms with E-state index in [0.29, 0.717) is 6.42 Å². The predicted octanol–water partition coefficient (Wildman–Crippen LogP) is 0.872. The average molecular weight is 228 g/mol. The van der Waals surface area contributed by atoms with Crippen molar-refractivity contribution in [1.29, 1.82) is 0 Å². The number of alkyl halides is 1. The lowest BCUT2D eigenvalue weighted by Gasteiger charge is -2.08. The SMILES string of the molecule is CSC(Br)CC(N)C(=O)O. The summed E-state index contributed by atoms with van der Waals surface area (Å²) in [5.41, 5.74) is 5.25. The van der Waals surface area contributed by atoms with Gasteiger partial charge in [0.05, 0.1) is 4.16 Å². The molecule has 0 bridgehead atoms. The van der Waals surface area contributed by atoms with Gasteiger partial charge in [0.25, 0.3) is 0 Å². The first-order valence-corrected chi connectivity index (χ1v) is 4.93. The molecular formula is C5H10BrNO2S. The Balaban J connectivity index is 3.56. The molecule has 3 N–H and O–H groups in total. The van der Waals surface area contributed by atoms with Gasteiger partial charge in [-0.2, -0.15) is 11.8 Å². The van der Waals surface area contributed by atoms with Crippen molar-refractivity contribution >= 4 is 33.7 Å². The van der Waals surface area contributed by atoms with Gasteiger partial charge in [-0.05, 0) is 12.7 Å². The molecule has 0 aliphatic heterocycles. The lowest BCUT2D eigenvalue weighted by Crippen LogP contribution is -2.31. The van der Waals surface area contributed by atoms with Gasteiger partial charge in [0.15, 0.2) is 0 Å². The summed E-state index contributed by atoms with van der Waals surface area (Å²) in [5.74, 6) is -0.946. The number of carboxylic acids is 1. The molecule has 0 aliphatic rings. The second-order valence-electron chi connectivity index (χ2n) is 1.83. The number of aliphatic carboxylic acids is 1. The molecule has 0 aliphatic carbocycles. The molecule has 0 aromatic heterocycles. The molecule has 0 fully saturated rings. The zero-order chi connectivity index (χ0) is 8.15. The fourth-order valence-corrected chi connectivity index (χ4v) is 1.20. The van der Waals surface area contributed by atoms with Gasteiger partial charge in [-0.1, -0.05) is 15.9 Å². The first-order valence-electron chi connectivity index (χ1n) is 2.73. The van der Waals surface area contributed by atoms with E-state index in [2.05, 4.69) is 15.9 Å². The summed E-state index contributed by atoms with van der Waals surface area (Å²) >= 11 is 4.81. The van der Waals surface area contributed by atoms with Crippen LogP contribution in [0, 0.1) is 0 Å². The van der Waals surface area contributed by atoms with Crippen LogP contribution in [0.25, 0.3) is 0 Å². The molecule has 3 nitrogen and oxygen atoms in total. The molecule has 0 heterocycles. The van der Waals surface area contributed by atoms with Gasteiger partial charge in [0.1, 0.15) is 6.04 Å². The first-order chi connectivity index (χ1) is 4.57. The lowest BCUT2D eigenvalue weighted by atomic mass is 10.2. The fraction of sp³-hybridized carbons (Fsp3) is 0.800. The van der Waals surface area contributed by atoms with Crippen LogP contribution < -0.4 is 5.73 Å². The molecular weight excluding hydrogens is 218 g/mol. The normalized spacial score (nSPS) is 16.3. The number of carbonyl (C=O) groups is 1. The summed E-state index contributed by atoms with van der Waals surface area (Å²) in [7, 11) is 0. The van der Waals surface area contributed by atoms with Gasteiger partial charge in [0, 0.05) is 0 Å². The molecule has 0 spiro atoms. The minimum atomic E-state index is -0.946. The van der Waals surface area contributed by atoms with Crippen molar-refractivity contribution in [3.05, 3.63) is 0 Å². The van der Waals surface area contributed by atoms with Crippen molar-refractivity contribution in [1.82, 2.24) is 0 Å². The Kier molecular flexibility index (Phi) is 5.11. The van der Waals surface area contributed by atoms with Crippen LogP contribution in [0.5, 0.6) is 0 Å². The summed E-state index contributed by atoms with van der Waals surface area (Å²) in [6.07, 6.45) is 2.35. The maximum absolute atomic E-state index is 10.2. The van der Waals surface area contributed by atoms with Crippen LogP contribution >= 0.6 is 27.7 Å². The number of halogens is 1. The Labute approximate surface area is 72.5 Å². The Bertz CT molecular complexity index is 122. The molecule has 0 saturated carbocycles.